The molecule has 0 radical (unpaired) electrons. The first kappa shape index (κ1) is 16.9. The number of halogens is 1. The van der Waals surface area contributed by atoms with Gasteiger partial charge in [-0.05, 0) is 12.8 Å². The zero-order chi connectivity index (χ0) is 13.8. The molecule has 3 heterocycles. The molecule has 1 aromatic heterocycles. The van der Waals surface area contributed by atoms with Gasteiger partial charge in [-0.25, -0.2) is 4.98 Å². The number of hydrogen-bond acceptors (Lipinski definition) is 3. The van der Waals surface area contributed by atoms with Gasteiger partial charge in [-0.1, -0.05) is 0 Å². The van der Waals surface area contributed by atoms with Crippen molar-refractivity contribution >= 4 is 41.7 Å². The highest BCUT2D eigenvalue weighted by Gasteiger charge is 2.13. The number of fused-ring (bicyclic) bond motifs is 1. The van der Waals surface area contributed by atoms with E-state index >= 15 is 0 Å². The van der Waals surface area contributed by atoms with Crippen LogP contribution in [-0.2, 0) is 19.4 Å². The van der Waals surface area contributed by atoms with Crippen LogP contribution in [0.5, 0.6) is 0 Å². The fraction of sp³-hybridized carbons (Fsp3) is 0.714. The van der Waals surface area contributed by atoms with Crippen molar-refractivity contribution in [1.29, 1.82) is 0 Å². The molecule has 2 N–H and O–H groups in total. The molecule has 7 heteroatoms. The van der Waals surface area contributed by atoms with Crippen LogP contribution in [0.4, 0.5) is 0 Å². The van der Waals surface area contributed by atoms with Gasteiger partial charge in [0.15, 0.2) is 5.96 Å². The molecule has 0 atom stereocenters. The largest absolute Gasteiger partial charge is 0.370 e. The summed E-state index contributed by atoms with van der Waals surface area (Å²) in [6, 6.07) is 0. The van der Waals surface area contributed by atoms with Crippen LogP contribution in [0.25, 0.3) is 0 Å². The summed E-state index contributed by atoms with van der Waals surface area (Å²) >= 11 is 1.99. The first-order chi connectivity index (χ1) is 9.83. The number of guanidine groups is 1. The predicted octanol–water partition coefficient (Wildman–Crippen LogP) is 1.74. The molecular formula is C14H24IN5S. The Morgan fingerprint density at radius 3 is 2.86 bits per heavy atom. The number of aryl methyl sites for hydroxylation is 2. The Hall–Kier alpha value is -0.440. The third-order valence-electron chi connectivity index (χ3n) is 3.94. The van der Waals surface area contributed by atoms with E-state index in [0.717, 1.165) is 56.2 Å². The molecular weight excluding hydrogens is 397 g/mol. The van der Waals surface area contributed by atoms with Gasteiger partial charge in [0, 0.05) is 56.7 Å². The van der Waals surface area contributed by atoms with Crippen LogP contribution in [0, 0.1) is 0 Å². The predicted molar refractivity (Wildman–Crippen MR) is 99.7 cm³/mol. The smallest absolute Gasteiger partial charge is 0.191 e. The van der Waals surface area contributed by atoms with Gasteiger partial charge in [-0.2, -0.15) is 11.8 Å². The second kappa shape index (κ2) is 8.26. The summed E-state index contributed by atoms with van der Waals surface area (Å²) in [5.41, 5.74) is 7.21. The van der Waals surface area contributed by atoms with Crippen molar-refractivity contribution in [3.05, 3.63) is 17.7 Å². The van der Waals surface area contributed by atoms with Crippen molar-refractivity contribution in [2.24, 2.45) is 10.7 Å². The van der Waals surface area contributed by atoms with Crippen molar-refractivity contribution in [3.8, 4) is 0 Å². The first-order valence-corrected chi connectivity index (χ1v) is 8.66. The molecule has 0 amide bonds. The molecule has 118 valence electrons. The number of aliphatic imine (C=N–C) groups is 1. The lowest BCUT2D eigenvalue weighted by molar-refractivity contribution is 0.456. The lowest BCUT2D eigenvalue weighted by atomic mass is 10.2. The van der Waals surface area contributed by atoms with Crippen LogP contribution in [-0.4, -0.2) is 51.6 Å². The van der Waals surface area contributed by atoms with E-state index in [1.54, 1.807) is 0 Å². The Labute approximate surface area is 147 Å². The Balaban J connectivity index is 0.00000161. The Bertz CT molecular complexity index is 458. The van der Waals surface area contributed by atoms with Gasteiger partial charge in [0.1, 0.15) is 5.82 Å². The van der Waals surface area contributed by atoms with Gasteiger partial charge in [0.2, 0.25) is 0 Å². The second-order valence-corrected chi connectivity index (χ2v) is 6.61. The fourth-order valence-corrected chi connectivity index (χ4v) is 3.67. The minimum Gasteiger partial charge on any atom is -0.370 e. The quantitative estimate of drug-likeness (QED) is 0.459. The standard InChI is InChI=1S/C14H23N5S.HI/c15-14(18-7-9-20-10-8-18)16-5-4-12-11-19-6-2-1-3-13(19)17-12;/h11H,1-10H2,(H2,15,16);1H. The molecule has 1 saturated heterocycles. The van der Waals surface area contributed by atoms with Gasteiger partial charge >= 0.3 is 0 Å². The van der Waals surface area contributed by atoms with Gasteiger partial charge in [0.25, 0.3) is 0 Å². The van der Waals surface area contributed by atoms with Gasteiger partial charge in [-0.15, -0.1) is 24.0 Å². The topological polar surface area (TPSA) is 59.4 Å². The monoisotopic (exact) mass is 421 g/mol. The molecule has 5 nitrogen and oxygen atoms in total. The van der Waals surface area contributed by atoms with E-state index in [-0.39, 0.29) is 24.0 Å². The minimum absolute atomic E-state index is 0. The maximum atomic E-state index is 6.05. The van der Waals surface area contributed by atoms with E-state index in [0.29, 0.717) is 5.96 Å². The Morgan fingerprint density at radius 1 is 1.29 bits per heavy atom. The van der Waals surface area contributed by atoms with E-state index in [1.807, 2.05) is 11.8 Å². The van der Waals surface area contributed by atoms with Crippen LogP contribution in [0.15, 0.2) is 11.2 Å². The minimum atomic E-state index is 0. The molecule has 0 spiro atoms. The molecule has 3 rings (SSSR count). The summed E-state index contributed by atoms with van der Waals surface area (Å²) in [6.45, 7) is 3.92. The van der Waals surface area contributed by atoms with Crippen molar-refractivity contribution < 1.29 is 0 Å². The van der Waals surface area contributed by atoms with E-state index in [1.165, 1.54) is 18.7 Å². The summed E-state index contributed by atoms with van der Waals surface area (Å²) in [7, 11) is 0. The highest BCUT2D eigenvalue weighted by Crippen LogP contribution is 2.15. The third kappa shape index (κ3) is 4.51. The molecule has 1 aromatic rings. The Kier molecular flexibility index (Phi) is 6.66. The lowest BCUT2D eigenvalue weighted by Gasteiger charge is -2.27. The number of rotatable bonds is 3. The lowest BCUT2D eigenvalue weighted by Crippen LogP contribution is -2.42. The average Bonchev–Trinajstić information content (AvgIpc) is 2.90. The van der Waals surface area contributed by atoms with Crippen LogP contribution >= 0.6 is 35.7 Å². The van der Waals surface area contributed by atoms with E-state index in [9.17, 15) is 0 Å². The molecule has 1 fully saturated rings. The normalized spacial score (nSPS) is 19.0. The molecule has 0 bridgehead atoms. The zero-order valence-corrected chi connectivity index (χ0v) is 15.5. The summed E-state index contributed by atoms with van der Waals surface area (Å²) < 4.78 is 2.30. The van der Waals surface area contributed by atoms with Crippen LogP contribution in [0.1, 0.15) is 24.4 Å². The first-order valence-electron chi connectivity index (χ1n) is 7.50. The maximum Gasteiger partial charge on any atom is 0.191 e. The molecule has 21 heavy (non-hydrogen) atoms. The van der Waals surface area contributed by atoms with Gasteiger partial charge in [0.05, 0.1) is 5.69 Å². The number of nitrogens with zero attached hydrogens (tertiary/aromatic N) is 4. The van der Waals surface area contributed by atoms with E-state index in [4.69, 9.17) is 10.7 Å². The maximum absolute atomic E-state index is 6.05. The molecule has 0 saturated carbocycles. The molecule has 0 aliphatic carbocycles. The number of thioether (sulfide) groups is 1. The van der Waals surface area contributed by atoms with Crippen molar-refractivity contribution in [3.63, 3.8) is 0 Å². The van der Waals surface area contributed by atoms with Crippen molar-refractivity contribution in [1.82, 2.24) is 14.5 Å². The summed E-state index contributed by atoms with van der Waals surface area (Å²) in [6.07, 6.45) is 6.76. The summed E-state index contributed by atoms with van der Waals surface area (Å²) in [4.78, 5) is 11.4. The highest BCUT2D eigenvalue weighted by molar-refractivity contribution is 14.0. The summed E-state index contributed by atoms with van der Waals surface area (Å²) in [5, 5.41) is 0. The molecule has 0 aromatic carbocycles. The number of imidazole rings is 1. The van der Waals surface area contributed by atoms with E-state index in [2.05, 4.69) is 20.7 Å². The SMILES string of the molecule is I.NC(=NCCc1cn2c(n1)CCCC2)N1CCSCC1. The number of nitrogens with two attached hydrogens (primary N) is 1. The second-order valence-electron chi connectivity index (χ2n) is 5.39. The number of hydrogen-bond donors (Lipinski definition) is 1. The van der Waals surface area contributed by atoms with Crippen molar-refractivity contribution in [2.45, 2.75) is 32.2 Å². The summed E-state index contributed by atoms with van der Waals surface area (Å²) in [5.74, 6) is 4.26. The Morgan fingerprint density at radius 2 is 2.10 bits per heavy atom. The number of aromatic nitrogens is 2. The molecule has 2 aliphatic rings. The average molecular weight is 421 g/mol. The molecule has 2 aliphatic heterocycles. The van der Waals surface area contributed by atoms with Gasteiger partial charge in [-0.3, -0.25) is 4.99 Å². The third-order valence-corrected chi connectivity index (χ3v) is 4.88. The van der Waals surface area contributed by atoms with Crippen LogP contribution in [0.2, 0.25) is 0 Å². The highest BCUT2D eigenvalue weighted by atomic mass is 127. The fourth-order valence-electron chi connectivity index (χ4n) is 2.77. The van der Waals surface area contributed by atoms with Crippen LogP contribution < -0.4 is 5.73 Å². The zero-order valence-electron chi connectivity index (χ0n) is 12.3. The van der Waals surface area contributed by atoms with Crippen molar-refractivity contribution in [2.75, 3.05) is 31.1 Å². The van der Waals surface area contributed by atoms with E-state index < -0.39 is 0 Å². The van der Waals surface area contributed by atoms with Gasteiger partial charge < -0.3 is 15.2 Å². The molecule has 0 unspecified atom stereocenters. The van der Waals surface area contributed by atoms with Crippen LogP contribution in [0.3, 0.4) is 0 Å².